The van der Waals surface area contributed by atoms with Crippen LogP contribution in [0.5, 0.6) is 0 Å². The summed E-state index contributed by atoms with van der Waals surface area (Å²) in [6.07, 6.45) is 6.78. The van der Waals surface area contributed by atoms with Crippen molar-refractivity contribution in [3.05, 3.63) is 138 Å². The Morgan fingerprint density at radius 3 is 1.60 bits per heavy atom. The lowest BCUT2D eigenvalue weighted by Gasteiger charge is -2.61. The minimum absolute atomic E-state index is 0.0444. The third kappa shape index (κ3) is 4.10. The Labute approximate surface area is 281 Å². The van der Waals surface area contributed by atoms with Gasteiger partial charge in [0, 0.05) is 22.1 Å². The van der Waals surface area contributed by atoms with Crippen LogP contribution in [-0.4, -0.2) is 15.0 Å². The number of hydrogen-bond donors (Lipinski definition) is 0. The van der Waals surface area contributed by atoms with E-state index in [1.165, 1.54) is 65.5 Å². The molecule has 5 aliphatic rings. The zero-order valence-corrected chi connectivity index (χ0v) is 26.7. The number of rotatable bonds is 4. The van der Waals surface area contributed by atoms with E-state index in [-0.39, 0.29) is 5.41 Å². The van der Waals surface area contributed by atoms with Crippen molar-refractivity contribution in [3.8, 4) is 62.5 Å². The average Bonchev–Trinajstić information content (AvgIpc) is 3.43. The Morgan fingerprint density at radius 2 is 1.02 bits per heavy atom. The van der Waals surface area contributed by atoms with Gasteiger partial charge in [0.1, 0.15) is 0 Å². The maximum atomic E-state index is 9.40. The molecular formula is C44H34N4. The monoisotopic (exact) mass is 618 g/mol. The van der Waals surface area contributed by atoms with Crippen molar-refractivity contribution in [1.82, 2.24) is 15.0 Å². The fourth-order valence-electron chi connectivity index (χ4n) is 10.2. The summed E-state index contributed by atoms with van der Waals surface area (Å²) in [5.41, 5.74) is 11.8. The van der Waals surface area contributed by atoms with Crippen LogP contribution in [0.25, 0.3) is 56.4 Å². The van der Waals surface area contributed by atoms with Gasteiger partial charge in [0.05, 0.1) is 11.6 Å². The minimum Gasteiger partial charge on any atom is -0.208 e. The molecule has 4 heteroatoms. The standard InChI is InChI=1S/C44H34N4/c45-26-27-11-13-30(14-12-27)33-15-17-37-38-24-34(16-18-39(38)44(40(37)25-33)35-20-28-19-29(22-35)23-36(44)21-28)43-47-41(31-7-3-1-4-8-31)46-42(48-43)32-9-5-2-6-10-32/h1-18,24-25,28-29,35-36H,19-23H2. The highest BCUT2D eigenvalue weighted by atomic mass is 15.0. The maximum Gasteiger partial charge on any atom is 0.164 e. The molecule has 230 valence electrons. The number of hydrogen-bond acceptors (Lipinski definition) is 4. The number of nitriles is 1. The molecular weight excluding hydrogens is 585 g/mol. The first-order chi connectivity index (χ1) is 23.7. The summed E-state index contributed by atoms with van der Waals surface area (Å²) < 4.78 is 0. The lowest BCUT2D eigenvalue weighted by Crippen LogP contribution is -2.55. The second-order valence-corrected chi connectivity index (χ2v) is 14.4. The van der Waals surface area contributed by atoms with Crippen molar-refractivity contribution in [3.63, 3.8) is 0 Å². The molecule has 48 heavy (non-hydrogen) atoms. The first-order valence-electron chi connectivity index (χ1n) is 17.3. The minimum atomic E-state index is 0.0444. The first kappa shape index (κ1) is 27.7. The molecule has 0 N–H and O–H groups in total. The van der Waals surface area contributed by atoms with Gasteiger partial charge in [-0.3, -0.25) is 0 Å². The van der Waals surface area contributed by atoms with E-state index in [1.54, 1.807) is 0 Å². The number of aromatic nitrogens is 3. The van der Waals surface area contributed by atoms with E-state index >= 15 is 0 Å². The molecule has 1 aromatic heterocycles. The molecule has 0 aliphatic heterocycles. The van der Waals surface area contributed by atoms with Gasteiger partial charge < -0.3 is 0 Å². The lowest BCUT2D eigenvalue weighted by atomic mass is 9.43. The summed E-state index contributed by atoms with van der Waals surface area (Å²) >= 11 is 0. The highest BCUT2D eigenvalue weighted by Gasteiger charge is 2.61. The van der Waals surface area contributed by atoms with E-state index in [0.29, 0.717) is 34.9 Å². The average molecular weight is 619 g/mol. The van der Waals surface area contributed by atoms with Crippen molar-refractivity contribution >= 4 is 0 Å². The predicted octanol–water partition coefficient (Wildman–Crippen LogP) is 10.1. The topological polar surface area (TPSA) is 62.5 Å². The van der Waals surface area contributed by atoms with Gasteiger partial charge in [-0.25, -0.2) is 15.0 Å². The third-order valence-corrected chi connectivity index (χ3v) is 12.0. The van der Waals surface area contributed by atoms with Crippen LogP contribution in [0, 0.1) is 35.0 Å². The van der Waals surface area contributed by atoms with Gasteiger partial charge in [-0.2, -0.15) is 5.26 Å². The van der Waals surface area contributed by atoms with Gasteiger partial charge >= 0.3 is 0 Å². The van der Waals surface area contributed by atoms with E-state index in [4.69, 9.17) is 15.0 Å². The zero-order chi connectivity index (χ0) is 31.8. The van der Waals surface area contributed by atoms with Crippen LogP contribution in [0.4, 0.5) is 0 Å². The molecule has 1 heterocycles. The fourth-order valence-corrected chi connectivity index (χ4v) is 10.2. The highest BCUT2D eigenvalue weighted by molar-refractivity contribution is 5.87. The maximum absolute atomic E-state index is 9.40. The van der Waals surface area contributed by atoms with Gasteiger partial charge in [0.25, 0.3) is 0 Å². The number of benzene rings is 5. The van der Waals surface area contributed by atoms with Crippen LogP contribution in [0.3, 0.4) is 0 Å². The lowest BCUT2D eigenvalue weighted by molar-refractivity contribution is -0.0399. The molecule has 11 rings (SSSR count). The molecule has 0 amide bonds. The second kappa shape index (κ2) is 10.6. The van der Waals surface area contributed by atoms with Gasteiger partial charge in [-0.1, -0.05) is 97.1 Å². The van der Waals surface area contributed by atoms with Gasteiger partial charge in [-0.15, -0.1) is 0 Å². The smallest absolute Gasteiger partial charge is 0.164 e. The molecule has 4 bridgehead atoms. The van der Waals surface area contributed by atoms with Crippen LogP contribution in [-0.2, 0) is 5.41 Å². The van der Waals surface area contributed by atoms with Crippen LogP contribution >= 0.6 is 0 Å². The van der Waals surface area contributed by atoms with E-state index < -0.39 is 0 Å². The van der Waals surface area contributed by atoms with E-state index in [1.807, 2.05) is 48.5 Å². The summed E-state index contributed by atoms with van der Waals surface area (Å²) in [5.74, 6) is 5.17. The van der Waals surface area contributed by atoms with Crippen molar-refractivity contribution in [2.45, 2.75) is 37.5 Å². The molecule has 0 unspecified atom stereocenters. The molecule has 0 saturated heterocycles. The Bertz CT molecular complexity index is 2160. The van der Waals surface area contributed by atoms with E-state index in [0.717, 1.165) is 28.5 Å². The van der Waals surface area contributed by atoms with Gasteiger partial charge in [0.15, 0.2) is 17.5 Å². The molecule has 6 aromatic rings. The predicted molar refractivity (Wildman–Crippen MR) is 190 cm³/mol. The molecule has 4 nitrogen and oxygen atoms in total. The van der Waals surface area contributed by atoms with Crippen LogP contribution in [0.2, 0.25) is 0 Å². The molecule has 4 saturated carbocycles. The molecule has 0 radical (unpaired) electrons. The number of nitrogens with zero attached hydrogens (tertiary/aromatic N) is 4. The summed E-state index contributed by atoms with van der Waals surface area (Å²) in [5, 5.41) is 9.40. The van der Waals surface area contributed by atoms with Crippen molar-refractivity contribution in [1.29, 1.82) is 5.26 Å². The molecule has 0 atom stereocenters. The SMILES string of the molecule is N#Cc1ccc(-c2ccc3c(c2)C2(c4ccc(-c5nc(-c6ccccc6)nc(-c6ccccc6)n5)cc4-3)C3CC4CC(C3)CC2C4)cc1. The molecule has 5 aromatic carbocycles. The normalized spacial score (nSPS) is 24.3. The summed E-state index contributed by atoms with van der Waals surface area (Å²) in [6.45, 7) is 0. The van der Waals surface area contributed by atoms with Gasteiger partial charge in [0.2, 0.25) is 0 Å². The summed E-state index contributed by atoms with van der Waals surface area (Å²) in [7, 11) is 0. The van der Waals surface area contributed by atoms with Crippen molar-refractivity contribution in [2.75, 3.05) is 0 Å². The molecule has 1 spiro atoms. The quantitative estimate of drug-likeness (QED) is 0.197. The van der Waals surface area contributed by atoms with Crippen LogP contribution < -0.4 is 0 Å². The number of fused-ring (bicyclic) bond motifs is 3. The Kier molecular flexibility index (Phi) is 6.09. The van der Waals surface area contributed by atoms with E-state index in [2.05, 4.69) is 78.9 Å². The Balaban J connectivity index is 1.16. The molecule has 4 fully saturated rings. The van der Waals surface area contributed by atoms with Crippen LogP contribution in [0.1, 0.15) is 48.8 Å². The zero-order valence-electron chi connectivity index (χ0n) is 26.7. The van der Waals surface area contributed by atoms with Gasteiger partial charge in [-0.05, 0) is 113 Å². The van der Waals surface area contributed by atoms with E-state index in [9.17, 15) is 5.26 Å². The Hall–Kier alpha value is -5.40. The second-order valence-electron chi connectivity index (χ2n) is 14.4. The highest BCUT2D eigenvalue weighted by Crippen LogP contribution is 2.69. The van der Waals surface area contributed by atoms with Crippen LogP contribution in [0.15, 0.2) is 121 Å². The summed E-state index contributed by atoms with van der Waals surface area (Å²) in [6, 6.07) is 45.0. The summed E-state index contributed by atoms with van der Waals surface area (Å²) in [4.78, 5) is 15.1. The first-order valence-corrected chi connectivity index (χ1v) is 17.3. The van der Waals surface area contributed by atoms with Crippen molar-refractivity contribution < 1.29 is 0 Å². The largest absolute Gasteiger partial charge is 0.208 e. The van der Waals surface area contributed by atoms with Crippen molar-refractivity contribution in [2.24, 2.45) is 23.7 Å². The Morgan fingerprint density at radius 1 is 0.479 bits per heavy atom. The third-order valence-electron chi connectivity index (χ3n) is 12.0. The molecule has 5 aliphatic carbocycles. The fraction of sp³-hybridized carbons (Fsp3) is 0.227.